The molecule has 0 saturated carbocycles. The number of hydrogen-bond acceptors (Lipinski definition) is 1. The van der Waals surface area contributed by atoms with Crippen LogP contribution in [-0.4, -0.2) is 17.3 Å². The molecule has 0 aliphatic heterocycles. The van der Waals surface area contributed by atoms with Crippen LogP contribution in [0.2, 0.25) is 0 Å². The normalized spacial score (nSPS) is 12.0. The second-order valence-electron chi connectivity index (χ2n) is 3.23. The van der Waals surface area contributed by atoms with Gasteiger partial charge in [0.1, 0.15) is 0 Å². The average molecular weight is 206 g/mol. The van der Waals surface area contributed by atoms with Crippen molar-refractivity contribution in [2.75, 3.05) is 6.54 Å². The third-order valence-corrected chi connectivity index (χ3v) is 1.81. The summed E-state index contributed by atoms with van der Waals surface area (Å²) in [4.78, 5) is 0. The number of aryl methyl sites for hydroxylation is 1. The Morgan fingerprint density at radius 1 is 1.43 bits per heavy atom. The van der Waals surface area contributed by atoms with E-state index in [9.17, 15) is 13.2 Å². The molecule has 1 aromatic heterocycles. The van der Waals surface area contributed by atoms with Gasteiger partial charge in [-0.1, -0.05) is 0 Å². The molecular formula is C9H13F3N2. The first kappa shape index (κ1) is 11.1. The molecule has 0 aliphatic carbocycles. The van der Waals surface area contributed by atoms with E-state index in [2.05, 4.69) is 5.32 Å². The van der Waals surface area contributed by atoms with Crippen molar-refractivity contribution in [2.45, 2.75) is 19.1 Å². The largest absolute Gasteiger partial charge is 0.390 e. The Balaban J connectivity index is 2.16. The highest BCUT2D eigenvalue weighted by Gasteiger charge is 2.25. The number of nitrogens with zero attached hydrogens (tertiary/aromatic N) is 1. The third kappa shape index (κ3) is 4.32. The van der Waals surface area contributed by atoms with E-state index in [1.165, 1.54) is 0 Å². The first-order chi connectivity index (χ1) is 6.47. The van der Waals surface area contributed by atoms with Gasteiger partial charge in [-0.05, 0) is 11.6 Å². The van der Waals surface area contributed by atoms with E-state index >= 15 is 0 Å². The molecule has 0 amide bonds. The topological polar surface area (TPSA) is 17.0 Å². The van der Waals surface area contributed by atoms with Crippen LogP contribution in [0.1, 0.15) is 12.0 Å². The van der Waals surface area contributed by atoms with Crippen LogP contribution < -0.4 is 5.32 Å². The van der Waals surface area contributed by atoms with Gasteiger partial charge in [-0.25, -0.2) is 0 Å². The van der Waals surface area contributed by atoms with Crippen molar-refractivity contribution in [1.29, 1.82) is 0 Å². The highest BCUT2D eigenvalue weighted by molar-refractivity contribution is 5.09. The predicted octanol–water partition coefficient (Wildman–Crippen LogP) is 2.07. The molecule has 0 bridgehead atoms. The second kappa shape index (κ2) is 4.50. The average Bonchev–Trinajstić information content (AvgIpc) is 2.44. The Labute approximate surface area is 80.7 Å². The first-order valence-corrected chi connectivity index (χ1v) is 4.36. The van der Waals surface area contributed by atoms with Crippen molar-refractivity contribution >= 4 is 0 Å². The first-order valence-electron chi connectivity index (χ1n) is 4.36. The Bertz CT molecular complexity index is 278. The zero-order chi connectivity index (χ0) is 10.6. The van der Waals surface area contributed by atoms with Crippen molar-refractivity contribution in [2.24, 2.45) is 7.05 Å². The summed E-state index contributed by atoms with van der Waals surface area (Å²) >= 11 is 0. The lowest BCUT2D eigenvalue weighted by molar-refractivity contribution is -0.133. The van der Waals surface area contributed by atoms with E-state index in [0.717, 1.165) is 5.56 Å². The monoisotopic (exact) mass is 206 g/mol. The Hall–Kier alpha value is -0.970. The van der Waals surface area contributed by atoms with Crippen LogP contribution in [0.15, 0.2) is 18.5 Å². The summed E-state index contributed by atoms with van der Waals surface area (Å²) in [5, 5.41) is 2.74. The summed E-state index contributed by atoms with van der Waals surface area (Å²) in [6.07, 6.45) is -1.11. The van der Waals surface area contributed by atoms with Gasteiger partial charge in [0.25, 0.3) is 0 Å². The standard InChI is InChI=1S/C9H13F3N2/c1-14-5-2-8(7-14)6-13-4-3-9(10,11)12/h2,5,7,13H,3-4,6H2,1H3. The minimum atomic E-state index is -4.07. The summed E-state index contributed by atoms with van der Waals surface area (Å²) in [6, 6.07) is 1.88. The quantitative estimate of drug-likeness (QED) is 0.746. The molecule has 0 unspecified atom stereocenters. The number of halogens is 3. The number of nitrogens with one attached hydrogen (secondary N) is 1. The van der Waals surface area contributed by atoms with Gasteiger partial charge in [-0.15, -0.1) is 0 Å². The SMILES string of the molecule is Cn1ccc(CNCCC(F)(F)F)c1. The van der Waals surface area contributed by atoms with Crippen molar-refractivity contribution < 1.29 is 13.2 Å². The van der Waals surface area contributed by atoms with Crippen LogP contribution in [0.5, 0.6) is 0 Å². The van der Waals surface area contributed by atoms with Gasteiger partial charge in [0.2, 0.25) is 0 Å². The molecule has 2 nitrogen and oxygen atoms in total. The molecule has 0 spiro atoms. The molecule has 0 radical (unpaired) electrons. The van der Waals surface area contributed by atoms with Crippen LogP contribution >= 0.6 is 0 Å². The van der Waals surface area contributed by atoms with Crippen molar-refractivity contribution in [1.82, 2.24) is 9.88 Å². The van der Waals surface area contributed by atoms with Crippen LogP contribution in [0.3, 0.4) is 0 Å². The highest BCUT2D eigenvalue weighted by Crippen LogP contribution is 2.18. The molecule has 0 atom stereocenters. The predicted molar refractivity (Wildman–Crippen MR) is 47.8 cm³/mol. The van der Waals surface area contributed by atoms with Gasteiger partial charge in [-0.3, -0.25) is 0 Å². The molecule has 1 N–H and O–H groups in total. The Morgan fingerprint density at radius 3 is 2.64 bits per heavy atom. The van der Waals surface area contributed by atoms with E-state index in [0.29, 0.717) is 6.54 Å². The Morgan fingerprint density at radius 2 is 2.14 bits per heavy atom. The van der Waals surface area contributed by atoms with Crippen LogP contribution in [0, 0.1) is 0 Å². The maximum atomic E-state index is 11.7. The molecule has 0 aromatic carbocycles. The third-order valence-electron chi connectivity index (χ3n) is 1.81. The van der Waals surface area contributed by atoms with Gasteiger partial charge >= 0.3 is 6.18 Å². The van der Waals surface area contributed by atoms with E-state index in [4.69, 9.17) is 0 Å². The number of hydrogen-bond donors (Lipinski definition) is 1. The lowest BCUT2D eigenvalue weighted by Gasteiger charge is -2.06. The van der Waals surface area contributed by atoms with Gasteiger partial charge < -0.3 is 9.88 Å². The zero-order valence-electron chi connectivity index (χ0n) is 7.93. The lowest BCUT2D eigenvalue weighted by Crippen LogP contribution is -2.21. The summed E-state index contributed by atoms with van der Waals surface area (Å²) in [5.41, 5.74) is 0.995. The van der Waals surface area contributed by atoms with E-state index in [-0.39, 0.29) is 6.54 Å². The van der Waals surface area contributed by atoms with Gasteiger partial charge in [0.05, 0.1) is 6.42 Å². The summed E-state index contributed by atoms with van der Waals surface area (Å²) in [7, 11) is 1.87. The molecule has 1 aromatic rings. The minimum absolute atomic E-state index is 0.0294. The van der Waals surface area contributed by atoms with E-state index in [1.54, 1.807) is 0 Å². The second-order valence-corrected chi connectivity index (χ2v) is 3.23. The fourth-order valence-corrected chi connectivity index (χ4v) is 1.13. The number of aromatic nitrogens is 1. The van der Waals surface area contributed by atoms with E-state index < -0.39 is 12.6 Å². The fraction of sp³-hybridized carbons (Fsp3) is 0.556. The van der Waals surface area contributed by atoms with Gasteiger partial charge in [0, 0.05) is 32.5 Å². The molecule has 14 heavy (non-hydrogen) atoms. The maximum absolute atomic E-state index is 11.7. The summed E-state index contributed by atoms with van der Waals surface area (Å²) in [6.45, 7) is 0.454. The van der Waals surface area contributed by atoms with Gasteiger partial charge in [-0.2, -0.15) is 13.2 Å². The summed E-state index contributed by atoms with van der Waals surface area (Å²) < 4.78 is 37.1. The van der Waals surface area contributed by atoms with Crippen LogP contribution in [0.25, 0.3) is 0 Å². The number of rotatable bonds is 4. The van der Waals surface area contributed by atoms with Crippen molar-refractivity contribution in [3.63, 3.8) is 0 Å². The van der Waals surface area contributed by atoms with Gasteiger partial charge in [0.15, 0.2) is 0 Å². The summed E-state index contributed by atoms with van der Waals surface area (Å²) in [5.74, 6) is 0. The molecule has 0 aliphatic rings. The fourth-order valence-electron chi connectivity index (χ4n) is 1.13. The van der Waals surface area contributed by atoms with Crippen molar-refractivity contribution in [3.8, 4) is 0 Å². The lowest BCUT2D eigenvalue weighted by atomic mass is 10.3. The molecule has 0 fully saturated rings. The maximum Gasteiger partial charge on any atom is 0.390 e. The highest BCUT2D eigenvalue weighted by atomic mass is 19.4. The molecule has 1 rings (SSSR count). The smallest absolute Gasteiger partial charge is 0.357 e. The molecule has 80 valence electrons. The Kier molecular flexibility index (Phi) is 3.57. The van der Waals surface area contributed by atoms with Crippen LogP contribution in [0.4, 0.5) is 13.2 Å². The van der Waals surface area contributed by atoms with E-state index in [1.807, 2.05) is 30.1 Å². The zero-order valence-corrected chi connectivity index (χ0v) is 7.93. The number of alkyl halides is 3. The van der Waals surface area contributed by atoms with Crippen molar-refractivity contribution in [3.05, 3.63) is 24.0 Å². The molecule has 1 heterocycles. The molecule has 0 saturated heterocycles. The minimum Gasteiger partial charge on any atom is -0.357 e. The molecule has 5 heteroatoms. The molecular weight excluding hydrogens is 193 g/mol. The van der Waals surface area contributed by atoms with Crippen LogP contribution in [-0.2, 0) is 13.6 Å².